The Morgan fingerprint density at radius 3 is 2.48 bits per heavy atom. The van der Waals surface area contributed by atoms with Crippen LogP contribution in [0, 0.1) is 0 Å². The zero-order valence-corrected chi connectivity index (χ0v) is 13.4. The first-order valence-corrected chi connectivity index (χ1v) is 8.24. The molecule has 1 heterocycles. The molecule has 0 fully saturated rings. The number of allylic oxidation sites excluding steroid dienone is 1. The topological polar surface area (TPSA) is 41.1 Å². The van der Waals surface area contributed by atoms with Gasteiger partial charge in [-0.05, 0) is 42.7 Å². The van der Waals surface area contributed by atoms with E-state index in [2.05, 4.69) is 10.6 Å². The average molecular weight is 325 g/mol. The van der Waals surface area contributed by atoms with Crippen molar-refractivity contribution in [1.82, 2.24) is 0 Å². The number of halogens is 1. The van der Waals surface area contributed by atoms with Gasteiger partial charge in [-0.1, -0.05) is 35.9 Å². The molecule has 116 valence electrons. The Hall–Kier alpha value is -2.26. The molecule has 0 saturated heterocycles. The maximum atomic E-state index is 12.6. The molecule has 0 bridgehead atoms. The van der Waals surface area contributed by atoms with Crippen molar-refractivity contribution in [2.75, 3.05) is 10.6 Å². The molecule has 4 rings (SSSR count). The number of hydrogen-bond donors (Lipinski definition) is 2. The summed E-state index contributed by atoms with van der Waals surface area (Å²) < 4.78 is 0. The SMILES string of the molecule is O=C1CCCC2=C1[C@H](c1ccc(Cl)cc1)Nc1ccccc1N2. The van der Waals surface area contributed by atoms with Gasteiger partial charge in [-0.3, -0.25) is 4.79 Å². The molecule has 1 aliphatic carbocycles. The molecule has 3 nitrogen and oxygen atoms in total. The quantitative estimate of drug-likeness (QED) is 0.781. The summed E-state index contributed by atoms with van der Waals surface area (Å²) in [6.07, 6.45) is 2.42. The Morgan fingerprint density at radius 1 is 0.957 bits per heavy atom. The Kier molecular flexibility index (Phi) is 3.58. The number of fused-ring (bicyclic) bond motifs is 1. The Bertz CT molecular complexity index is 795. The first kappa shape index (κ1) is 14.3. The van der Waals surface area contributed by atoms with Crippen LogP contribution in [0.1, 0.15) is 30.9 Å². The molecule has 0 unspecified atom stereocenters. The summed E-state index contributed by atoms with van der Waals surface area (Å²) >= 11 is 6.02. The lowest BCUT2D eigenvalue weighted by molar-refractivity contribution is -0.116. The van der Waals surface area contributed by atoms with E-state index >= 15 is 0 Å². The molecule has 1 atom stereocenters. The highest BCUT2D eigenvalue weighted by Crippen LogP contribution is 2.40. The van der Waals surface area contributed by atoms with Crippen LogP contribution in [-0.4, -0.2) is 5.78 Å². The Balaban J connectivity index is 1.86. The van der Waals surface area contributed by atoms with Crippen molar-refractivity contribution in [1.29, 1.82) is 0 Å². The lowest BCUT2D eigenvalue weighted by Gasteiger charge is -2.25. The van der Waals surface area contributed by atoms with Gasteiger partial charge in [0.1, 0.15) is 0 Å². The molecular weight excluding hydrogens is 308 g/mol. The van der Waals surface area contributed by atoms with Gasteiger partial charge >= 0.3 is 0 Å². The fraction of sp³-hybridized carbons (Fsp3) is 0.211. The van der Waals surface area contributed by atoms with Gasteiger partial charge in [0.25, 0.3) is 0 Å². The summed E-state index contributed by atoms with van der Waals surface area (Å²) in [5, 5.41) is 7.71. The second-order valence-electron chi connectivity index (χ2n) is 5.97. The third kappa shape index (κ3) is 2.62. The molecule has 1 aliphatic heterocycles. The van der Waals surface area contributed by atoms with Crippen molar-refractivity contribution in [2.24, 2.45) is 0 Å². The van der Waals surface area contributed by atoms with Gasteiger partial charge in [0.05, 0.1) is 17.4 Å². The van der Waals surface area contributed by atoms with Gasteiger partial charge in [0.2, 0.25) is 0 Å². The van der Waals surface area contributed by atoms with Crippen molar-refractivity contribution in [3.05, 3.63) is 70.4 Å². The molecule has 0 aromatic heterocycles. The minimum absolute atomic E-state index is 0.147. The normalized spacial score (nSPS) is 20.0. The summed E-state index contributed by atoms with van der Waals surface area (Å²) in [6.45, 7) is 0. The number of carbonyl (C=O) groups is 1. The highest BCUT2D eigenvalue weighted by molar-refractivity contribution is 6.30. The van der Waals surface area contributed by atoms with Crippen LogP contribution in [0.2, 0.25) is 5.02 Å². The van der Waals surface area contributed by atoms with Crippen molar-refractivity contribution in [2.45, 2.75) is 25.3 Å². The maximum absolute atomic E-state index is 12.6. The van der Waals surface area contributed by atoms with Crippen molar-refractivity contribution in [3.63, 3.8) is 0 Å². The number of anilines is 2. The first-order chi connectivity index (χ1) is 11.2. The average Bonchev–Trinajstić information content (AvgIpc) is 2.73. The van der Waals surface area contributed by atoms with Gasteiger partial charge in [0, 0.05) is 22.7 Å². The van der Waals surface area contributed by atoms with E-state index in [0.29, 0.717) is 11.4 Å². The predicted molar refractivity (Wildman–Crippen MR) is 93.8 cm³/mol. The van der Waals surface area contributed by atoms with Crippen molar-refractivity contribution < 1.29 is 4.79 Å². The van der Waals surface area contributed by atoms with E-state index in [0.717, 1.165) is 41.1 Å². The number of Topliss-reactive ketones (excluding diaryl/α,β-unsaturated/α-hetero) is 1. The minimum atomic E-state index is -0.147. The van der Waals surface area contributed by atoms with E-state index in [9.17, 15) is 4.79 Å². The molecule has 0 radical (unpaired) electrons. The Labute approximate surface area is 140 Å². The van der Waals surface area contributed by atoms with Crippen LogP contribution in [0.5, 0.6) is 0 Å². The molecule has 2 aromatic carbocycles. The van der Waals surface area contributed by atoms with E-state index in [-0.39, 0.29) is 11.8 Å². The smallest absolute Gasteiger partial charge is 0.163 e. The van der Waals surface area contributed by atoms with Crippen LogP contribution < -0.4 is 10.6 Å². The van der Waals surface area contributed by atoms with Gasteiger partial charge < -0.3 is 10.6 Å². The molecule has 0 spiro atoms. The number of rotatable bonds is 1. The van der Waals surface area contributed by atoms with Crippen LogP contribution in [-0.2, 0) is 4.79 Å². The number of para-hydroxylation sites is 2. The third-order valence-electron chi connectivity index (χ3n) is 4.46. The third-order valence-corrected chi connectivity index (χ3v) is 4.71. The number of carbonyl (C=O) groups excluding carboxylic acids is 1. The van der Waals surface area contributed by atoms with Crippen LogP contribution in [0.4, 0.5) is 11.4 Å². The molecular formula is C19H17ClN2O. The lowest BCUT2D eigenvalue weighted by atomic mass is 9.87. The highest BCUT2D eigenvalue weighted by atomic mass is 35.5. The van der Waals surface area contributed by atoms with E-state index in [1.54, 1.807) is 0 Å². The maximum Gasteiger partial charge on any atom is 0.163 e. The number of hydrogen-bond acceptors (Lipinski definition) is 3. The van der Waals surface area contributed by atoms with Crippen LogP contribution in [0.25, 0.3) is 0 Å². The number of nitrogens with one attached hydrogen (secondary N) is 2. The van der Waals surface area contributed by atoms with Crippen molar-refractivity contribution >= 4 is 28.8 Å². The predicted octanol–water partition coefficient (Wildman–Crippen LogP) is 4.93. The van der Waals surface area contributed by atoms with E-state index in [4.69, 9.17) is 11.6 Å². The molecule has 2 aromatic rings. The highest BCUT2D eigenvalue weighted by Gasteiger charge is 2.31. The largest absolute Gasteiger partial charge is 0.372 e. The summed E-state index contributed by atoms with van der Waals surface area (Å²) in [4.78, 5) is 12.6. The molecule has 2 N–H and O–H groups in total. The fourth-order valence-corrected chi connectivity index (χ4v) is 3.47. The summed E-state index contributed by atoms with van der Waals surface area (Å²) in [6, 6.07) is 15.6. The standard InChI is InChI=1S/C19H17ClN2O/c20-13-10-8-12(9-11-13)19-18-16(6-3-7-17(18)23)21-14-4-1-2-5-15(14)22-19/h1-2,4-5,8-11,19,21-22H,3,6-7H2/t19-/m0/s1. The summed E-state index contributed by atoms with van der Waals surface area (Å²) in [5.41, 5.74) is 4.98. The van der Waals surface area contributed by atoms with E-state index in [1.165, 1.54) is 0 Å². The molecule has 23 heavy (non-hydrogen) atoms. The van der Waals surface area contributed by atoms with Crippen LogP contribution in [0.15, 0.2) is 59.8 Å². The van der Waals surface area contributed by atoms with Gasteiger partial charge in [-0.25, -0.2) is 0 Å². The molecule has 0 saturated carbocycles. The van der Waals surface area contributed by atoms with Gasteiger partial charge in [0.15, 0.2) is 5.78 Å². The first-order valence-electron chi connectivity index (χ1n) is 7.86. The molecule has 0 amide bonds. The van der Waals surface area contributed by atoms with Crippen LogP contribution in [0.3, 0.4) is 0 Å². The zero-order chi connectivity index (χ0) is 15.8. The minimum Gasteiger partial charge on any atom is -0.372 e. The zero-order valence-electron chi connectivity index (χ0n) is 12.6. The van der Waals surface area contributed by atoms with E-state index in [1.807, 2.05) is 48.5 Å². The van der Waals surface area contributed by atoms with Gasteiger partial charge in [-0.2, -0.15) is 0 Å². The van der Waals surface area contributed by atoms with E-state index < -0.39 is 0 Å². The van der Waals surface area contributed by atoms with Crippen LogP contribution >= 0.6 is 11.6 Å². The number of benzene rings is 2. The number of ketones is 1. The second kappa shape index (κ2) is 5.74. The fourth-order valence-electron chi connectivity index (χ4n) is 3.34. The molecule has 4 heteroatoms. The van der Waals surface area contributed by atoms with Gasteiger partial charge in [-0.15, -0.1) is 0 Å². The second-order valence-corrected chi connectivity index (χ2v) is 6.40. The lowest BCUT2D eigenvalue weighted by Crippen LogP contribution is -2.23. The monoisotopic (exact) mass is 324 g/mol. The van der Waals surface area contributed by atoms with Crippen molar-refractivity contribution in [3.8, 4) is 0 Å². The summed E-state index contributed by atoms with van der Waals surface area (Å²) in [7, 11) is 0. The molecule has 2 aliphatic rings. The Morgan fingerprint density at radius 2 is 1.70 bits per heavy atom. The summed E-state index contributed by atoms with van der Waals surface area (Å²) in [5.74, 6) is 0.221.